The molecule has 59 heavy (non-hydrogen) atoms. The third-order valence-electron chi connectivity index (χ3n) is 10.6. The van der Waals surface area contributed by atoms with Crippen LogP contribution in [0, 0.1) is 0 Å². The van der Waals surface area contributed by atoms with Gasteiger partial charge in [-0.15, -0.1) is 0 Å². The molecule has 0 aliphatic heterocycles. The van der Waals surface area contributed by atoms with Gasteiger partial charge >= 0.3 is 17.9 Å². The van der Waals surface area contributed by atoms with Crippen LogP contribution in [0.4, 0.5) is 0 Å². The summed E-state index contributed by atoms with van der Waals surface area (Å²) in [5.74, 6) is -0.904. The molecule has 0 saturated heterocycles. The van der Waals surface area contributed by atoms with Gasteiger partial charge in [0, 0.05) is 19.3 Å². The molecule has 0 rings (SSSR count). The zero-order chi connectivity index (χ0) is 43.0. The molecule has 0 spiro atoms. The summed E-state index contributed by atoms with van der Waals surface area (Å²) in [5, 5.41) is 0. The Labute approximate surface area is 364 Å². The van der Waals surface area contributed by atoms with Gasteiger partial charge in [0.2, 0.25) is 0 Å². The molecule has 1 unspecified atom stereocenters. The summed E-state index contributed by atoms with van der Waals surface area (Å²) in [5.41, 5.74) is 0. The largest absolute Gasteiger partial charge is 0.462 e. The molecule has 0 saturated carbocycles. The van der Waals surface area contributed by atoms with Crippen LogP contribution in [0.15, 0.2) is 60.8 Å². The molecule has 0 aromatic rings. The molecule has 340 valence electrons. The summed E-state index contributed by atoms with van der Waals surface area (Å²) in [6.45, 7) is 6.51. The molecule has 0 fully saturated rings. The van der Waals surface area contributed by atoms with E-state index in [-0.39, 0.29) is 31.1 Å². The molecule has 6 nitrogen and oxygen atoms in total. The average molecular weight is 825 g/mol. The van der Waals surface area contributed by atoms with E-state index in [1.54, 1.807) is 0 Å². The van der Waals surface area contributed by atoms with Crippen LogP contribution >= 0.6 is 0 Å². The predicted molar refractivity (Wildman–Crippen MR) is 251 cm³/mol. The van der Waals surface area contributed by atoms with E-state index >= 15 is 0 Å². The maximum absolute atomic E-state index is 12.8. The molecule has 6 heteroatoms. The van der Waals surface area contributed by atoms with Crippen molar-refractivity contribution in [3.63, 3.8) is 0 Å². The topological polar surface area (TPSA) is 78.9 Å². The first-order valence-electron chi connectivity index (χ1n) is 24.9. The highest BCUT2D eigenvalue weighted by molar-refractivity contribution is 5.71. The number of hydrogen-bond acceptors (Lipinski definition) is 6. The fraction of sp³-hybridized carbons (Fsp3) is 0.755. The van der Waals surface area contributed by atoms with E-state index in [0.29, 0.717) is 19.3 Å². The molecule has 0 aliphatic rings. The van der Waals surface area contributed by atoms with Crippen molar-refractivity contribution in [3.05, 3.63) is 60.8 Å². The Kier molecular flexibility index (Phi) is 45.4. The highest BCUT2D eigenvalue weighted by atomic mass is 16.6. The first kappa shape index (κ1) is 56.1. The van der Waals surface area contributed by atoms with Crippen molar-refractivity contribution < 1.29 is 28.6 Å². The summed E-state index contributed by atoms with van der Waals surface area (Å²) in [4.78, 5) is 37.8. The monoisotopic (exact) mass is 825 g/mol. The van der Waals surface area contributed by atoms with Crippen molar-refractivity contribution in [3.8, 4) is 0 Å². The molecule has 0 amide bonds. The van der Waals surface area contributed by atoms with E-state index < -0.39 is 6.10 Å². The van der Waals surface area contributed by atoms with Crippen LogP contribution in [-0.2, 0) is 28.6 Å². The predicted octanol–water partition coefficient (Wildman–Crippen LogP) is 16.1. The fourth-order valence-corrected chi connectivity index (χ4v) is 6.88. The normalized spacial score (nSPS) is 12.5. The fourth-order valence-electron chi connectivity index (χ4n) is 6.88. The Morgan fingerprint density at radius 3 is 1.02 bits per heavy atom. The van der Waals surface area contributed by atoms with Crippen molar-refractivity contribution in [2.45, 2.75) is 245 Å². The molecule has 0 aromatic heterocycles. The molecule has 0 N–H and O–H groups in total. The molecule has 0 aromatic carbocycles. The molecule has 0 radical (unpaired) electrons. The second-order valence-corrected chi connectivity index (χ2v) is 16.5. The number of carbonyl (C=O) groups is 3. The summed E-state index contributed by atoms with van der Waals surface area (Å²) in [7, 11) is 0. The number of esters is 3. The molecule has 0 aliphatic carbocycles. The highest BCUT2D eigenvalue weighted by Crippen LogP contribution is 2.15. The van der Waals surface area contributed by atoms with Crippen LogP contribution in [-0.4, -0.2) is 37.2 Å². The minimum atomic E-state index is -0.779. The van der Waals surface area contributed by atoms with Gasteiger partial charge in [0.15, 0.2) is 6.10 Å². The Morgan fingerprint density at radius 2 is 0.644 bits per heavy atom. The Bertz CT molecular complexity index is 1090. The van der Waals surface area contributed by atoms with Gasteiger partial charge in [-0.05, 0) is 38.5 Å². The van der Waals surface area contributed by atoms with Gasteiger partial charge in [0.25, 0.3) is 0 Å². The van der Waals surface area contributed by atoms with Gasteiger partial charge in [-0.1, -0.05) is 242 Å². The van der Waals surface area contributed by atoms with Crippen molar-refractivity contribution in [1.82, 2.24) is 0 Å². The van der Waals surface area contributed by atoms with Crippen LogP contribution in [0.5, 0.6) is 0 Å². The minimum absolute atomic E-state index is 0.0800. The zero-order valence-electron chi connectivity index (χ0n) is 38.8. The number of rotatable bonds is 44. The van der Waals surface area contributed by atoms with Crippen LogP contribution in [0.1, 0.15) is 239 Å². The van der Waals surface area contributed by atoms with Crippen molar-refractivity contribution >= 4 is 17.9 Å². The van der Waals surface area contributed by atoms with Crippen LogP contribution < -0.4 is 0 Å². The standard InChI is InChI=1S/C53H92O6/c1-4-7-10-13-16-19-21-23-25-26-27-28-30-31-34-37-40-43-46-52(55)58-49-50(48-57-51(54)45-42-39-36-33-18-15-12-9-6-3)59-53(56)47-44-41-38-35-32-29-24-22-20-17-14-11-8-5-2/h10,13,16,19,21,23,25-28,50H,4-9,11-12,14-15,17-18,20,22,24,29-49H2,1-3H3/b13-10-,19-16-,23-21-,26-25-,28-27-. The number of hydrogen-bond donors (Lipinski definition) is 0. The van der Waals surface area contributed by atoms with Crippen LogP contribution in [0.3, 0.4) is 0 Å². The number of carbonyl (C=O) groups excluding carboxylic acids is 3. The molecule has 1 atom stereocenters. The molecule has 0 bridgehead atoms. The lowest BCUT2D eigenvalue weighted by Crippen LogP contribution is -2.30. The minimum Gasteiger partial charge on any atom is -0.462 e. The first-order valence-corrected chi connectivity index (χ1v) is 24.9. The first-order chi connectivity index (χ1) is 29.0. The van der Waals surface area contributed by atoms with E-state index in [2.05, 4.69) is 57.2 Å². The Hall–Kier alpha value is -2.89. The van der Waals surface area contributed by atoms with Gasteiger partial charge in [0.05, 0.1) is 0 Å². The second kappa shape index (κ2) is 47.8. The Balaban J connectivity index is 4.38. The summed E-state index contributed by atoms with van der Waals surface area (Å²) < 4.78 is 16.7. The van der Waals surface area contributed by atoms with E-state index in [1.165, 1.54) is 116 Å². The van der Waals surface area contributed by atoms with Gasteiger partial charge in [-0.25, -0.2) is 0 Å². The molecular formula is C53H92O6. The zero-order valence-corrected chi connectivity index (χ0v) is 38.8. The quantitative estimate of drug-likeness (QED) is 0.0263. The summed E-state index contributed by atoms with van der Waals surface area (Å²) in [6, 6.07) is 0. The van der Waals surface area contributed by atoms with Gasteiger partial charge in [0.1, 0.15) is 13.2 Å². The van der Waals surface area contributed by atoms with E-state index in [1.807, 2.05) is 24.3 Å². The third kappa shape index (κ3) is 46.0. The van der Waals surface area contributed by atoms with E-state index in [0.717, 1.165) is 83.5 Å². The van der Waals surface area contributed by atoms with Gasteiger partial charge < -0.3 is 14.2 Å². The van der Waals surface area contributed by atoms with Gasteiger partial charge in [-0.3, -0.25) is 14.4 Å². The van der Waals surface area contributed by atoms with E-state index in [9.17, 15) is 14.4 Å². The Morgan fingerprint density at radius 1 is 0.339 bits per heavy atom. The van der Waals surface area contributed by atoms with Crippen LogP contribution in [0.25, 0.3) is 0 Å². The smallest absolute Gasteiger partial charge is 0.306 e. The van der Waals surface area contributed by atoms with Crippen molar-refractivity contribution in [1.29, 1.82) is 0 Å². The SMILES string of the molecule is CCC\C=C/C=C\C=C/C=C\C=C/CCCCCCCC(=O)OCC(COC(=O)CCCCCCCCCCC)OC(=O)CCCCCCCCCCCCCCCC. The lowest BCUT2D eigenvalue weighted by atomic mass is 10.0. The van der Waals surface area contributed by atoms with E-state index in [4.69, 9.17) is 14.2 Å². The average Bonchev–Trinajstić information content (AvgIpc) is 3.23. The third-order valence-corrected chi connectivity index (χ3v) is 10.6. The lowest BCUT2D eigenvalue weighted by Gasteiger charge is -2.18. The molecule has 0 heterocycles. The number of ether oxygens (including phenoxy) is 3. The number of unbranched alkanes of at least 4 members (excludes halogenated alkanes) is 27. The lowest BCUT2D eigenvalue weighted by molar-refractivity contribution is -0.167. The second-order valence-electron chi connectivity index (χ2n) is 16.5. The number of allylic oxidation sites excluding steroid dienone is 10. The molecular weight excluding hydrogens is 733 g/mol. The van der Waals surface area contributed by atoms with Crippen LogP contribution in [0.2, 0.25) is 0 Å². The van der Waals surface area contributed by atoms with Crippen molar-refractivity contribution in [2.24, 2.45) is 0 Å². The van der Waals surface area contributed by atoms with Gasteiger partial charge in [-0.2, -0.15) is 0 Å². The maximum atomic E-state index is 12.8. The maximum Gasteiger partial charge on any atom is 0.306 e. The summed E-state index contributed by atoms with van der Waals surface area (Å²) >= 11 is 0. The van der Waals surface area contributed by atoms with Crippen molar-refractivity contribution in [2.75, 3.05) is 13.2 Å². The highest BCUT2D eigenvalue weighted by Gasteiger charge is 2.19. The summed E-state index contributed by atoms with van der Waals surface area (Å²) in [6.07, 6.45) is 57.7.